The molecule has 0 aliphatic heterocycles. The molecule has 30 heavy (non-hydrogen) atoms. The maximum Gasteiger partial charge on any atom is 0.259 e. The lowest BCUT2D eigenvalue weighted by Crippen LogP contribution is -2.17. The number of thiophene rings is 1. The number of hydrogen-bond donors (Lipinski definition) is 2. The van der Waals surface area contributed by atoms with Crippen molar-refractivity contribution >= 4 is 39.9 Å². The van der Waals surface area contributed by atoms with E-state index in [0.29, 0.717) is 16.8 Å². The number of nitrogens with zero attached hydrogens (tertiary/aromatic N) is 2. The number of nitrogens with one attached hydrogen (secondary N) is 1. The molecule has 0 atom stereocenters. The normalized spacial score (nSPS) is 11.1. The van der Waals surface area contributed by atoms with Crippen molar-refractivity contribution in [1.82, 2.24) is 10.1 Å². The summed E-state index contributed by atoms with van der Waals surface area (Å²) in [5.74, 6) is -1.94. The second-order valence-electron chi connectivity index (χ2n) is 6.86. The maximum absolute atomic E-state index is 14.2. The van der Waals surface area contributed by atoms with Crippen LogP contribution >= 0.6 is 11.3 Å². The molecule has 4 rings (SSSR count). The highest BCUT2D eigenvalue weighted by atomic mass is 32.1. The third-order valence-electron chi connectivity index (χ3n) is 4.73. The molecule has 4 aromatic rings. The molecular formula is C21H17FN4O3S. The molecule has 152 valence electrons. The number of halogens is 1. The van der Waals surface area contributed by atoms with Gasteiger partial charge >= 0.3 is 0 Å². The van der Waals surface area contributed by atoms with Gasteiger partial charge in [-0.05, 0) is 51.1 Å². The molecule has 0 spiro atoms. The molecule has 0 saturated carbocycles. The molecule has 0 fully saturated rings. The van der Waals surface area contributed by atoms with Crippen LogP contribution in [-0.2, 0) is 0 Å². The van der Waals surface area contributed by atoms with Gasteiger partial charge in [0.05, 0.1) is 27.2 Å². The Morgan fingerprint density at radius 3 is 2.60 bits per heavy atom. The predicted octanol–water partition coefficient (Wildman–Crippen LogP) is 4.37. The minimum Gasteiger partial charge on any atom is -0.366 e. The number of benzene rings is 1. The number of primary amides is 1. The van der Waals surface area contributed by atoms with Gasteiger partial charge in [0.2, 0.25) is 5.91 Å². The van der Waals surface area contributed by atoms with E-state index in [4.69, 9.17) is 10.3 Å². The number of aryl methyl sites for hydroxylation is 2. The summed E-state index contributed by atoms with van der Waals surface area (Å²) in [7, 11) is 0. The molecule has 0 radical (unpaired) electrons. The molecule has 0 saturated heterocycles. The number of carbonyl (C=O) groups excluding carboxylic acids is 2. The summed E-state index contributed by atoms with van der Waals surface area (Å²) >= 11 is 1.53. The van der Waals surface area contributed by atoms with E-state index in [1.54, 1.807) is 13.0 Å². The first-order valence-electron chi connectivity index (χ1n) is 8.99. The number of carbonyl (C=O) groups is 2. The number of anilines is 1. The molecule has 3 N–H and O–H groups in total. The summed E-state index contributed by atoms with van der Waals surface area (Å²) in [6, 6.07) is 7.91. The van der Waals surface area contributed by atoms with E-state index in [0.717, 1.165) is 15.8 Å². The maximum atomic E-state index is 14.2. The first-order chi connectivity index (χ1) is 14.2. The number of rotatable bonds is 4. The summed E-state index contributed by atoms with van der Waals surface area (Å²) in [4.78, 5) is 31.1. The van der Waals surface area contributed by atoms with Gasteiger partial charge in [0.15, 0.2) is 0 Å². The van der Waals surface area contributed by atoms with Crippen molar-refractivity contribution in [3.05, 3.63) is 63.4 Å². The highest BCUT2D eigenvalue weighted by molar-refractivity contribution is 7.15. The van der Waals surface area contributed by atoms with E-state index in [1.807, 2.05) is 19.1 Å². The van der Waals surface area contributed by atoms with Crippen LogP contribution in [0.2, 0.25) is 0 Å². The number of fused-ring (bicyclic) bond motifs is 1. The van der Waals surface area contributed by atoms with E-state index in [9.17, 15) is 14.0 Å². The Labute approximate surface area is 174 Å². The standard InChI is InChI=1S/C21H17FN4O3S/c1-9-4-5-17(30-9)16-8-13(18-11(3)26-29-21(18)25-16)20(28)24-15-7-12(19(23)27)6-14(22)10(15)2/h4-8H,1-3H3,(H2,23,27)(H,24,28). The second kappa shape index (κ2) is 7.34. The molecule has 3 heterocycles. The molecule has 0 bridgehead atoms. The van der Waals surface area contributed by atoms with Crippen LogP contribution in [0.25, 0.3) is 21.7 Å². The Kier molecular flexibility index (Phi) is 4.83. The largest absolute Gasteiger partial charge is 0.366 e. The second-order valence-corrected chi connectivity index (χ2v) is 8.15. The van der Waals surface area contributed by atoms with Crippen molar-refractivity contribution in [2.45, 2.75) is 20.8 Å². The highest BCUT2D eigenvalue weighted by Gasteiger charge is 2.21. The monoisotopic (exact) mass is 424 g/mol. The van der Waals surface area contributed by atoms with Gasteiger partial charge in [-0.15, -0.1) is 11.3 Å². The van der Waals surface area contributed by atoms with Gasteiger partial charge in [0.25, 0.3) is 11.6 Å². The SMILES string of the molecule is Cc1ccc(-c2cc(C(=O)Nc3cc(C(N)=O)cc(F)c3C)c3c(C)noc3n2)s1. The Morgan fingerprint density at radius 1 is 1.17 bits per heavy atom. The predicted molar refractivity (Wildman–Crippen MR) is 112 cm³/mol. The molecule has 3 aromatic heterocycles. The van der Waals surface area contributed by atoms with Gasteiger partial charge in [-0.25, -0.2) is 9.37 Å². The third-order valence-corrected chi connectivity index (χ3v) is 5.75. The fourth-order valence-electron chi connectivity index (χ4n) is 3.11. The smallest absolute Gasteiger partial charge is 0.259 e. The molecule has 9 heteroatoms. The Bertz CT molecular complexity index is 1330. The van der Waals surface area contributed by atoms with Crippen LogP contribution in [-0.4, -0.2) is 22.0 Å². The van der Waals surface area contributed by atoms with Crippen LogP contribution in [0.1, 0.15) is 36.9 Å². The van der Waals surface area contributed by atoms with E-state index in [2.05, 4.69) is 15.5 Å². The number of pyridine rings is 1. The minimum absolute atomic E-state index is 0.0378. The average Bonchev–Trinajstić information content (AvgIpc) is 3.30. The molecule has 0 aliphatic carbocycles. The summed E-state index contributed by atoms with van der Waals surface area (Å²) < 4.78 is 19.5. The average molecular weight is 424 g/mol. The van der Waals surface area contributed by atoms with E-state index in [1.165, 1.54) is 24.3 Å². The molecule has 1 aromatic carbocycles. The van der Waals surface area contributed by atoms with E-state index < -0.39 is 17.6 Å². The zero-order valence-corrected chi connectivity index (χ0v) is 17.2. The van der Waals surface area contributed by atoms with Crippen LogP contribution in [0.4, 0.5) is 10.1 Å². The number of amides is 2. The lowest BCUT2D eigenvalue weighted by Gasteiger charge is -2.12. The summed E-state index contributed by atoms with van der Waals surface area (Å²) in [6.07, 6.45) is 0. The number of hydrogen-bond acceptors (Lipinski definition) is 6. The van der Waals surface area contributed by atoms with Gasteiger partial charge < -0.3 is 15.6 Å². The lowest BCUT2D eigenvalue weighted by atomic mass is 10.1. The molecule has 0 aliphatic rings. The quantitative estimate of drug-likeness (QED) is 0.505. The zero-order valence-electron chi connectivity index (χ0n) is 16.4. The summed E-state index contributed by atoms with van der Waals surface area (Å²) in [5, 5.41) is 7.06. The van der Waals surface area contributed by atoms with Crippen LogP contribution in [0.15, 0.2) is 34.9 Å². The van der Waals surface area contributed by atoms with Gasteiger partial charge in [-0.2, -0.15) is 0 Å². The van der Waals surface area contributed by atoms with E-state index in [-0.39, 0.29) is 28.1 Å². The summed E-state index contributed by atoms with van der Waals surface area (Å²) in [6.45, 7) is 5.18. The van der Waals surface area contributed by atoms with Crippen molar-refractivity contribution in [1.29, 1.82) is 0 Å². The Balaban J connectivity index is 1.82. The summed E-state index contributed by atoms with van der Waals surface area (Å²) in [5.41, 5.74) is 7.15. The highest BCUT2D eigenvalue weighted by Crippen LogP contribution is 2.31. The fourth-order valence-corrected chi connectivity index (χ4v) is 3.94. The van der Waals surface area contributed by atoms with Crippen molar-refractivity contribution in [3.63, 3.8) is 0 Å². The van der Waals surface area contributed by atoms with Gasteiger partial charge in [0, 0.05) is 21.7 Å². The van der Waals surface area contributed by atoms with E-state index >= 15 is 0 Å². The van der Waals surface area contributed by atoms with Gasteiger partial charge in [-0.1, -0.05) is 5.16 Å². The fraction of sp³-hybridized carbons (Fsp3) is 0.143. The Hall–Kier alpha value is -3.59. The number of nitrogens with two attached hydrogens (primary N) is 1. The first kappa shape index (κ1) is 19.7. The van der Waals surface area contributed by atoms with Crippen LogP contribution in [0.3, 0.4) is 0 Å². The zero-order chi connectivity index (χ0) is 21.6. The lowest BCUT2D eigenvalue weighted by molar-refractivity contribution is 0.0996. The number of aromatic nitrogens is 2. The Morgan fingerprint density at radius 2 is 1.93 bits per heavy atom. The first-order valence-corrected chi connectivity index (χ1v) is 9.81. The topological polar surface area (TPSA) is 111 Å². The van der Waals surface area contributed by atoms with Gasteiger partial charge in [-0.3, -0.25) is 9.59 Å². The van der Waals surface area contributed by atoms with Crippen molar-refractivity contribution < 1.29 is 18.5 Å². The van der Waals surface area contributed by atoms with Crippen molar-refractivity contribution in [2.24, 2.45) is 5.73 Å². The molecule has 0 unspecified atom stereocenters. The van der Waals surface area contributed by atoms with Gasteiger partial charge in [0.1, 0.15) is 5.82 Å². The molecule has 7 nitrogen and oxygen atoms in total. The minimum atomic E-state index is -0.791. The van der Waals surface area contributed by atoms with Crippen LogP contribution in [0, 0.1) is 26.6 Å². The van der Waals surface area contributed by atoms with Crippen LogP contribution in [0.5, 0.6) is 0 Å². The van der Waals surface area contributed by atoms with Crippen molar-refractivity contribution in [3.8, 4) is 10.6 Å². The van der Waals surface area contributed by atoms with Crippen LogP contribution < -0.4 is 11.1 Å². The van der Waals surface area contributed by atoms with Crippen molar-refractivity contribution in [2.75, 3.05) is 5.32 Å². The molecule has 2 amide bonds. The third kappa shape index (κ3) is 3.43. The molecular weight excluding hydrogens is 407 g/mol.